The zero-order valence-corrected chi connectivity index (χ0v) is 22.5. The molecule has 11 heteroatoms. The van der Waals surface area contributed by atoms with Gasteiger partial charge in [-0.05, 0) is 55.8 Å². The fraction of sp³-hybridized carbons (Fsp3) is 0.259. The summed E-state index contributed by atoms with van der Waals surface area (Å²) < 4.78 is 21.1. The molecule has 0 radical (unpaired) electrons. The summed E-state index contributed by atoms with van der Waals surface area (Å²) in [6.07, 6.45) is 0. The highest BCUT2D eigenvalue weighted by atomic mass is 32.1. The van der Waals surface area contributed by atoms with Crippen molar-refractivity contribution in [3.05, 3.63) is 69.2 Å². The van der Waals surface area contributed by atoms with Gasteiger partial charge in [-0.3, -0.25) is 14.5 Å². The molecule has 1 N–H and O–H groups in total. The normalized spacial score (nSPS) is 16.5. The number of ether oxygens (including phenoxy) is 4. The number of benzene rings is 2. The molecule has 38 heavy (non-hydrogen) atoms. The average molecular weight is 539 g/mol. The van der Waals surface area contributed by atoms with Crippen molar-refractivity contribution >= 4 is 39.9 Å². The maximum atomic E-state index is 13.5. The van der Waals surface area contributed by atoms with Gasteiger partial charge in [0, 0.05) is 11.1 Å². The standard InChI is InChI=1S/C27H26N2O8S/c1-13-11-15(7-9-18(13)35-4)22(30)20-21(17-12-16(34-3)8-10-19(17)36-5)29(25(32)23(20)31)27-28-14(2)24(38-27)26(33)37-6/h7-12,21,30H,1-6H3/b22-20+/t21-/m0/s1. The van der Waals surface area contributed by atoms with Gasteiger partial charge < -0.3 is 24.1 Å². The van der Waals surface area contributed by atoms with Crippen LogP contribution in [0.15, 0.2) is 42.0 Å². The summed E-state index contributed by atoms with van der Waals surface area (Å²) in [5.74, 6) is -1.45. The number of Topliss-reactive ketones (excluding diaryl/α,β-unsaturated/α-hetero) is 1. The van der Waals surface area contributed by atoms with Crippen molar-refractivity contribution in [1.82, 2.24) is 4.98 Å². The minimum Gasteiger partial charge on any atom is -0.507 e. The summed E-state index contributed by atoms with van der Waals surface area (Å²) >= 11 is 0.908. The Hall–Kier alpha value is -4.38. The van der Waals surface area contributed by atoms with Gasteiger partial charge in [-0.1, -0.05) is 11.3 Å². The summed E-state index contributed by atoms with van der Waals surface area (Å²) in [7, 11) is 5.70. The number of esters is 1. The van der Waals surface area contributed by atoms with Crippen LogP contribution in [0.25, 0.3) is 5.76 Å². The predicted octanol–water partition coefficient (Wildman–Crippen LogP) is 4.20. The molecule has 1 aromatic heterocycles. The van der Waals surface area contributed by atoms with Gasteiger partial charge >= 0.3 is 11.9 Å². The molecule has 0 spiro atoms. The molecule has 1 atom stereocenters. The van der Waals surface area contributed by atoms with Crippen LogP contribution >= 0.6 is 11.3 Å². The zero-order chi connectivity index (χ0) is 27.7. The second-order valence-corrected chi connectivity index (χ2v) is 9.34. The Kier molecular flexibility index (Phi) is 7.40. The van der Waals surface area contributed by atoms with Gasteiger partial charge in [0.05, 0.1) is 39.7 Å². The fourth-order valence-corrected chi connectivity index (χ4v) is 5.34. The first-order valence-corrected chi connectivity index (χ1v) is 12.2. The smallest absolute Gasteiger partial charge is 0.350 e. The number of rotatable bonds is 7. The molecule has 1 fully saturated rings. The van der Waals surface area contributed by atoms with E-state index < -0.39 is 23.7 Å². The zero-order valence-electron chi connectivity index (χ0n) is 21.6. The molecule has 10 nitrogen and oxygen atoms in total. The first-order chi connectivity index (χ1) is 18.2. The number of ketones is 1. The van der Waals surface area contributed by atoms with Crippen LogP contribution in [-0.2, 0) is 14.3 Å². The Labute approximate surface area is 223 Å². The van der Waals surface area contributed by atoms with Crippen molar-refractivity contribution in [2.24, 2.45) is 0 Å². The molecule has 1 saturated heterocycles. The van der Waals surface area contributed by atoms with E-state index >= 15 is 0 Å². The molecule has 1 aliphatic rings. The van der Waals surface area contributed by atoms with Gasteiger partial charge in [0.15, 0.2) is 5.13 Å². The number of aliphatic hydroxyl groups is 1. The van der Waals surface area contributed by atoms with Crippen molar-refractivity contribution in [2.45, 2.75) is 19.9 Å². The highest BCUT2D eigenvalue weighted by Gasteiger charge is 2.49. The first-order valence-electron chi connectivity index (χ1n) is 11.4. The number of aromatic nitrogens is 1. The van der Waals surface area contributed by atoms with E-state index in [0.717, 1.165) is 21.8 Å². The lowest BCUT2D eigenvalue weighted by Crippen LogP contribution is -2.29. The van der Waals surface area contributed by atoms with Gasteiger partial charge in [-0.2, -0.15) is 0 Å². The fourth-order valence-electron chi connectivity index (χ4n) is 4.33. The Balaban J connectivity index is 2.01. The Morgan fingerprint density at radius 1 is 0.974 bits per heavy atom. The van der Waals surface area contributed by atoms with E-state index in [4.69, 9.17) is 18.9 Å². The van der Waals surface area contributed by atoms with Crippen LogP contribution in [0.3, 0.4) is 0 Å². The van der Waals surface area contributed by atoms with Gasteiger partial charge in [0.1, 0.15) is 33.9 Å². The van der Waals surface area contributed by atoms with E-state index in [9.17, 15) is 19.5 Å². The maximum Gasteiger partial charge on any atom is 0.350 e. The number of hydrogen-bond acceptors (Lipinski definition) is 10. The molecule has 0 aliphatic carbocycles. The molecule has 2 aromatic carbocycles. The van der Waals surface area contributed by atoms with E-state index in [1.165, 1.54) is 28.4 Å². The monoisotopic (exact) mass is 538 g/mol. The maximum absolute atomic E-state index is 13.5. The Bertz CT molecular complexity index is 1480. The van der Waals surface area contributed by atoms with Crippen molar-refractivity contribution in [2.75, 3.05) is 33.3 Å². The highest BCUT2D eigenvalue weighted by Crippen LogP contribution is 2.47. The number of amides is 1. The van der Waals surface area contributed by atoms with Crippen molar-refractivity contribution in [3.63, 3.8) is 0 Å². The summed E-state index contributed by atoms with van der Waals surface area (Å²) in [5, 5.41) is 11.5. The molecular weight excluding hydrogens is 512 g/mol. The van der Waals surface area contributed by atoms with Crippen LogP contribution in [-0.4, -0.2) is 56.2 Å². The van der Waals surface area contributed by atoms with Crippen LogP contribution < -0.4 is 19.1 Å². The van der Waals surface area contributed by atoms with Crippen molar-refractivity contribution in [3.8, 4) is 17.2 Å². The Morgan fingerprint density at radius 2 is 1.66 bits per heavy atom. The first kappa shape index (κ1) is 26.7. The largest absolute Gasteiger partial charge is 0.507 e. The van der Waals surface area contributed by atoms with E-state index in [2.05, 4.69) is 4.98 Å². The quantitative estimate of drug-likeness (QED) is 0.204. The van der Waals surface area contributed by atoms with E-state index in [1.54, 1.807) is 50.2 Å². The predicted molar refractivity (Wildman–Crippen MR) is 140 cm³/mol. The molecule has 2 heterocycles. The summed E-state index contributed by atoms with van der Waals surface area (Å²) in [6.45, 7) is 3.40. The number of hydrogen-bond donors (Lipinski definition) is 1. The van der Waals surface area contributed by atoms with Gasteiger partial charge in [0.2, 0.25) is 0 Å². The van der Waals surface area contributed by atoms with E-state index in [-0.39, 0.29) is 21.3 Å². The third-order valence-corrected chi connectivity index (χ3v) is 7.34. The second-order valence-electron chi connectivity index (χ2n) is 8.36. The summed E-state index contributed by atoms with van der Waals surface area (Å²) in [5.41, 5.74) is 1.59. The van der Waals surface area contributed by atoms with Crippen LogP contribution in [0.4, 0.5) is 5.13 Å². The van der Waals surface area contributed by atoms with E-state index in [1.807, 2.05) is 0 Å². The summed E-state index contributed by atoms with van der Waals surface area (Å²) in [6, 6.07) is 8.70. The Morgan fingerprint density at radius 3 is 2.26 bits per heavy atom. The lowest BCUT2D eigenvalue weighted by molar-refractivity contribution is -0.132. The molecule has 0 unspecified atom stereocenters. The second kappa shape index (κ2) is 10.5. The molecule has 3 aromatic rings. The number of methoxy groups -OCH3 is 4. The number of anilines is 1. The third-order valence-electron chi connectivity index (χ3n) is 6.21. The van der Waals surface area contributed by atoms with Gasteiger partial charge in [-0.15, -0.1) is 0 Å². The lowest BCUT2D eigenvalue weighted by Gasteiger charge is -2.25. The highest BCUT2D eigenvalue weighted by molar-refractivity contribution is 7.17. The molecule has 1 aliphatic heterocycles. The van der Waals surface area contributed by atoms with Gasteiger partial charge in [-0.25, -0.2) is 9.78 Å². The van der Waals surface area contributed by atoms with Crippen LogP contribution in [0, 0.1) is 13.8 Å². The number of aryl methyl sites for hydroxylation is 2. The van der Waals surface area contributed by atoms with Crippen molar-refractivity contribution < 1.29 is 38.4 Å². The van der Waals surface area contributed by atoms with E-state index in [0.29, 0.717) is 34.1 Å². The summed E-state index contributed by atoms with van der Waals surface area (Å²) in [4.78, 5) is 45.0. The minimum atomic E-state index is -1.14. The number of carbonyl (C=O) groups excluding carboxylic acids is 3. The number of thiazole rings is 1. The lowest BCUT2D eigenvalue weighted by atomic mass is 9.94. The van der Waals surface area contributed by atoms with Gasteiger partial charge in [0.25, 0.3) is 5.78 Å². The molecule has 1 amide bonds. The average Bonchev–Trinajstić information content (AvgIpc) is 3.43. The number of nitrogens with zero attached hydrogens (tertiary/aromatic N) is 2. The molecule has 0 bridgehead atoms. The topological polar surface area (TPSA) is 124 Å². The molecule has 4 rings (SSSR count). The van der Waals surface area contributed by atoms with Crippen molar-refractivity contribution in [1.29, 1.82) is 0 Å². The number of carbonyl (C=O) groups is 3. The van der Waals surface area contributed by atoms with Crippen LogP contribution in [0.5, 0.6) is 17.2 Å². The molecular formula is C27H26N2O8S. The van der Waals surface area contributed by atoms with Crippen LogP contribution in [0.2, 0.25) is 0 Å². The SMILES string of the molecule is COC(=O)c1sc(N2C(=O)C(=O)/C(=C(/O)c3ccc(OC)c(C)c3)[C@@H]2c2cc(OC)ccc2OC)nc1C. The molecule has 0 saturated carbocycles. The molecule has 198 valence electrons. The minimum absolute atomic E-state index is 0.0878. The third kappa shape index (κ3) is 4.45. The van der Waals surface area contributed by atoms with Crippen LogP contribution in [0.1, 0.15) is 38.1 Å². The number of aliphatic hydroxyl groups excluding tert-OH is 1.